The molecule has 4 N–H and O–H groups in total. The third kappa shape index (κ3) is 29.5. The van der Waals surface area contributed by atoms with Gasteiger partial charge in [0, 0.05) is 19.5 Å². The van der Waals surface area contributed by atoms with E-state index in [1.165, 1.54) is 128 Å². The fourth-order valence-electron chi connectivity index (χ4n) is 5.73. The molecule has 0 rings (SSSR count). The number of unbranched alkanes of at least 4 members (excludes halogenated alkanes) is 22. The number of ketones is 1. The molecule has 0 aromatic rings. The summed E-state index contributed by atoms with van der Waals surface area (Å²) in [6.07, 6.45) is 32.9. The van der Waals surface area contributed by atoms with Gasteiger partial charge in [-0.1, -0.05) is 155 Å². The summed E-state index contributed by atoms with van der Waals surface area (Å²) in [5.74, 6) is 0.184. The monoisotopic (exact) mass is 610 g/mol. The Hall–Kier alpha value is -0.980. The molecule has 0 spiro atoms. The zero-order valence-electron chi connectivity index (χ0n) is 29.0. The fourth-order valence-corrected chi connectivity index (χ4v) is 5.73. The number of nitrogens with zero attached hydrogens (tertiary/aromatic N) is 1. The summed E-state index contributed by atoms with van der Waals surface area (Å²) in [5.41, 5.74) is 11.5. The predicted octanol–water partition coefficient (Wildman–Crippen LogP) is 9.26. The van der Waals surface area contributed by atoms with Gasteiger partial charge in [0.1, 0.15) is 6.61 Å². The molecule has 256 valence electrons. The van der Waals surface area contributed by atoms with Crippen LogP contribution in [0.3, 0.4) is 0 Å². The number of nitrogens with two attached hydrogens (primary N) is 2. The van der Waals surface area contributed by atoms with Crippen molar-refractivity contribution in [2.24, 2.45) is 11.5 Å². The Labute approximate surface area is 268 Å². The van der Waals surface area contributed by atoms with Crippen molar-refractivity contribution >= 4 is 11.7 Å². The number of carbonyl (C=O) groups excluding carboxylic acids is 2. The standard InChI is InChI=1S/C37H75N3O3/c1-3-5-7-9-11-13-15-17-19-21-23-27-31-40(32-33-43-34-36(41)35(39)28-25-26-30-38)37(42)29-24-22-20-18-16-14-12-10-8-6-4-2/h35H,3-34,38-39H2,1-2H3. The van der Waals surface area contributed by atoms with Crippen LogP contribution in [0.5, 0.6) is 0 Å². The molecule has 6 nitrogen and oxygen atoms in total. The van der Waals surface area contributed by atoms with Crippen molar-refractivity contribution < 1.29 is 14.3 Å². The molecule has 6 heteroatoms. The number of hydrogen-bond acceptors (Lipinski definition) is 5. The van der Waals surface area contributed by atoms with Crippen molar-refractivity contribution in [1.29, 1.82) is 0 Å². The average Bonchev–Trinajstić information content (AvgIpc) is 3.01. The highest BCUT2D eigenvalue weighted by molar-refractivity contribution is 5.84. The Balaban J connectivity index is 4.24. The van der Waals surface area contributed by atoms with Crippen LogP contribution in [0.4, 0.5) is 0 Å². The number of Topliss-reactive ketones (excluding diaryl/α,β-unsaturated/α-hetero) is 1. The summed E-state index contributed by atoms with van der Waals surface area (Å²) in [5, 5.41) is 0. The maximum atomic E-state index is 13.1. The van der Waals surface area contributed by atoms with Crippen molar-refractivity contribution in [3.63, 3.8) is 0 Å². The second-order valence-corrected chi connectivity index (χ2v) is 13.0. The van der Waals surface area contributed by atoms with E-state index in [4.69, 9.17) is 16.2 Å². The summed E-state index contributed by atoms with van der Waals surface area (Å²) < 4.78 is 5.68. The Morgan fingerprint density at radius 3 is 1.49 bits per heavy atom. The van der Waals surface area contributed by atoms with Gasteiger partial charge in [-0.15, -0.1) is 0 Å². The Bertz CT molecular complexity index is 602. The van der Waals surface area contributed by atoms with Crippen LogP contribution in [0.2, 0.25) is 0 Å². The first-order chi connectivity index (χ1) is 21.1. The number of carbonyl (C=O) groups is 2. The lowest BCUT2D eigenvalue weighted by molar-refractivity contribution is -0.132. The molecule has 0 saturated heterocycles. The van der Waals surface area contributed by atoms with Crippen LogP contribution in [0.15, 0.2) is 0 Å². The summed E-state index contributed by atoms with van der Waals surface area (Å²) in [6, 6.07) is -0.480. The lowest BCUT2D eigenvalue weighted by Gasteiger charge is -2.23. The van der Waals surface area contributed by atoms with Gasteiger partial charge in [0.25, 0.3) is 0 Å². The second-order valence-electron chi connectivity index (χ2n) is 13.0. The zero-order chi connectivity index (χ0) is 31.6. The fraction of sp³-hybridized carbons (Fsp3) is 0.946. The van der Waals surface area contributed by atoms with Gasteiger partial charge in [-0.05, 0) is 32.2 Å². The van der Waals surface area contributed by atoms with Crippen LogP contribution in [-0.2, 0) is 14.3 Å². The molecule has 1 atom stereocenters. The van der Waals surface area contributed by atoms with E-state index in [2.05, 4.69) is 13.8 Å². The SMILES string of the molecule is CCCCCCCCCCCCCCN(CCOCC(=O)C(N)CCCCN)C(=O)CCCCCCCCCCCCC. The largest absolute Gasteiger partial charge is 0.372 e. The number of amides is 1. The van der Waals surface area contributed by atoms with E-state index in [1.54, 1.807) is 0 Å². The minimum Gasteiger partial charge on any atom is -0.372 e. The zero-order valence-corrected chi connectivity index (χ0v) is 29.0. The lowest BCUT2D eigenvalue weighted by atomic mass is 10.0. The Morgan fingerprint density at radius 2 is 1.02 bits per heavy atom. The molecular formula is C37H75N3O3. The van der Waals surface area contributed by atoms with E-state index in [9.17, 15) is 9.59 Å². The van der Waals surface area contributed by atoms with Crippen molar-refractivity contribution in [1.82, 2.24) is 4.90 Å². The number of ether oxygens (including phenoxy) is 1. The number of rotatable bonds is 35. The highest BCUT2D eigenvalue weighted by Gasteiger charge is 2.15. The van der Waals surface area contributed by atoms with Crippen LogP contribution in [0.25, 0.3) is 0 Å². The maximum absolute atomic E-state index is 13.1. The van der Waals surface area contributed by atoms with E-state index in [0.717, 1.165) is 38.6 Å². The molecule has 0 radical (unpaired) electrons. The van der Waals surface area contributed by atoms with Gasteiger partial charge in [0.2, 0.25) is 5.91 Å². The Morgan fingerprint density at radius 1 is 0.581 bits per heavy atom. The van der Waals surface area contributed by atoms with Crippen LogP contribution in [0, 0.1) is 0 Å². The highest BCUT2D eigenvalue weighted by atomic mass is 16.5. The molecule has 1 amide bonds. The third-order valence-corrected chi connectivity index (χ3v) is 8.76. The topological polar surface area (TPSA) is 98.7 Å². The molecule has 43 heavy (non-hydrogen) atoms. The minimum atomic E-state index is -0.480. The molecule has 0 fully saturated rings. The first-order valence-electron chi connectivity index (χ1n) is 18.9. The number of hydrogen-bond donors (Lipinski definition) is 2. The van der Waals surface area contributed by atoms with Gasteiger partial charge in [-0.3, -0.25) is 9.59 Å². The van der Waals surface area contributed by atoms with E-state index >= 15 is 0 Å². The average molecular weight is 610 g/mol. The second kappa shape index (κ2) is 33.9. The van der Waals surface area contributed by atoms with Gasteiger partial charge >= 0.3 is 0 Å². The van der Waals surface area contributed by atoms with E-state index in [0.29, 0.717) is 32.5 Å². The normalized spacial score (nSPS) is 12.1. The minimum absolute atomic E-state index is 0.0308. The molecule has 0 aliphatic rings. The van der Waals surface area contributed by atoms with Crippen LogP contribution < -0.4 is 11.5 Å². The highest BCUT2D eigenvalue weighted by Crippen LogP contribution is 2.14. The van der Waals surface area contributed by atoms with Crippen molar-refractivity contribution in [2.75, 3.05) is 32.8 Å². The summed E-state index contributed by atoms with van der Waals surface area (Å²) in [4.78, 5) is 27.4. The summed E-state index contributed by atoms with van der Waals surface area (Å²) in [7, 11) is 0. The quantitative estimate of drug-likeness (QED) is 0.0698. The molecule has 1 unspecified atom stereocenters. The molecule has 0 aliphatic heterocycles. The molecular weight excluding hydrogens is 534 g/mol. The van der Waals surface area contributed by atoms with Gasteiger partial charge in [-0.25, -0.2) is 0 Å². The first-order valence-corrected chi connectivity index (χ1v) is 18.9. The van der Waals surface area contributed by atoms with Crippen LogP contribution >= 0.6 is 0 Å². The van der Waals surface area contributed by atoms with Crippen LogP contribution in [0.1, 0.15) is 187 Å². The van der Waals surface area contributed by atoms with Crippen LogP contribution in [-0.4, -0.2) is 55.5 Å². The molecule has 0 saturated carbocycles. The van der Waals surface area contributed by atoms with E-state index < -0.39 is 6.04 Å². The van der Waals surface area contributed by atoms with Gasteiger partial charge < -0.3 is 21.1 Å². The molecule has 0 aromatic heterocycles. The first kappa shape index (κ1) is 42.0. The lowest BCUT2D eigenvalue weighted by Crippen LogP contribution is -2.37. The van der Waals surface area contributed by atoms with Crippen molar-refractivity contribution in [3.8, 4) is 0 Å². The molecule has 0 aromatic carbocycles. The van der Waals surface area contributed by atoms with Gasteiger partial charge in [-0.2, -0.15) is 0 Å². The Kier molecular flexibility index (Phi) is 33.1. The predicted molar refractivity (Wildman–Crippen MR) is 185 cm³/mol. The van der Waals surface area contributed by atoms with Crippen molar-refractivity contribution in [3.05, 3.63) is 0 Å². The smallest absolute Gasteiger partial charge is 0.222 e. The maximum Gasteiger partial charge on any atom is 0.222 e. The van der Waals surface area contributed by atoms with Gasteiger partial charge in [0.15, 0.2) is 5.78 Å². The van der Waals surface area contributed by atoms with Crippen molar-refractivity contribution in [2.45, 2.75) is 193 Å². The van der Waals surface area contributed by atoms with Gasteiger partial charge in [0.05, 0.1) is 12.6 Å². The molecule has 0 bridgehead atoms. The van der Waals surface area contributed by atoms with E-state index in [1.807, 2.05) is 4.90 Å². The third-order valence-electron chi connectivity index (χ3n) is 8.76. The molecule has 0 heterocycles. The summed E-state index contributed by atoms with van der Waals surface area (Å²) in [6.45, 7) is 6.94. The summed E-state index contributed by atoms with van der Waals surface area (Å²) >= 11 is 0. The van der Waals surface area contributed by atoms with E-state index in [-0.39, 0.29) is 18.3 Å². The molecule has 0 aliphatic carbocycles.